The summed E-state index contributed by atoms with van der Waals surface area (Å²) in [5, 5.41) is 8.66. The van der Waals surface area contributed by atoms with Crippen LogP contribution >= 0.6 is 11.6 Å². The van der Waals surface area contributed by atoms with Gasteiger partial charge in [-0.2, -0.15) is 9.98 Å². The Hall–Kier alpha value is -7.87. The van der Waals surface area contributed by atoms with Crippen molar-refractivity contribution in [1.29, 1.82) is 0 Å². The molecule has 284 valence electrons. The molecule has 8 aromatic carbocycles. The minimum atomic E-state index is -0.142. The molecule has 0 unspecified atom stereocenters. The first-order valence-corrected chi connectivity index (χ1v) is 20.2. The second kappa shape index (κ2) is 13.1. The first-order chi connectivity index (χ1) is 29.6. The Labute approximate surface area is 348 Å². The lowest BCUT2D eigenvalue weighted by molar-refractivity contribution is 1.13. The average Bonchev–Trinajstić information content (AvgIpc) is 4.02. The number of hydrogen-bond donors (Lipinski definition) is 1. The second-order valence-corrected chi connectivity index (χ2v) is 15.4. The molecule has 0 fully saturated rings. The zero-order valence-electron chi connectivity index (χ0n) is 32.2. The zero-order valence-corrected chi connectivity index (χ0v) is 32.9. The van der Waals surface area contributed by atoms with Crippen molar-refractivity contribution in [2.45, 2.75) is 0 Å². The second-order valence-electron chi connectivity index (χ2n) is 15.1. The molecule has 0 aliphatic carbocycles. The van der Waals surface area contributed by atoms with Crippen LogP contribution in [0.5, 0.6) is 0 Å². The number of nitrogens with zero attached hydrogens (tertiary/aromatic N) is 6. The molecule has 0 atom stereocenters. The summed E-state index contributed by atoms with van der Waals surface area (Å²) in [6, 6.07) is 63.7. The van der Waals surface area contributed by atoms with E-state index in [0.29, 0.717) is 5.82 Å². The van der Waals surface area contributed by atoms with Gasteiger partial charge in [0, 0.05) is 54.5 Å². The van der Waals surface area contributed by atoms with Crippen molar-refractivity contribution < 1.29 is 0 Å². The Kier molecular flexibility index (Phi) is 7.45. The highest BCUT2D eigenvalue weighted by molar-refractivity contribution is 6.65. The van der Waals surface area contributed by atoms with E-state index < -0.39 is 0 Å². The third-order valence-corrected chi connectivity index (χ3v) is 11.9. The monoisotopic (exact) mass is 791 g/mol. The molecule has 0 spiro atoms. The standard InChI is InChI=1S/C52H34ClN7/c1-32(57-43-24-12-8-20-35(43)39-28-29-40-36-21-9-13-25-44(36)58(48(40)47(39)57)33-16-4-2-5-17-33)55-52(56-51(53)54)60-46-27-15-11-23-38(46)42-31-30-41-37-22-10-14-26-45(37)59(49(41)50(42)60)34-18-6-3-7-19-34/h2-31H,1H2,(H2,54,55,56). The Morgan fingerprint density at radius 2 is 0.733 bits per heavy atom. The van der Waals surface area contributed by atoms with E-state index in [0.717, 1.165) is 98.6 Å². The molecule has 0 aliphatic rings. The van der Waals surface area contributed by atoms with Crippen LogP contribution in [-0.4, -0.2) is 29.5 Å². The van der Waals surface area contributed by atoms with Crippen molar-refractivity contribution in [3.8, 4) is 11.4 Å². The van der Waals surface area contributed by atoms with Gasteiger partial charge in [0.05, 0.1) is 44.1 Å². The van der Waals surface area contributed by atoms with Crippen molar-refractivity contribution in [1.82, 2.24) is 18.3 Å². The van der Waals surface area contributed by atoms with Gasteiger partial charge in [0.15, 0.2) is 5.29 Å². The normalized spacial score (nSPS) is 12.8. The van der Waals surface area contributed by atoms with Gasteiger partial charge in [0.25, 0.3) is 0 Å². The largest absolute Gasteiger partial charge is 0.374 e. The summed E-state index contributed by atoms with van der Waals surface area (Å²) in [7, 11) is 0. The van der Waals surface area contributed by atoms with Crippen LogP contribution < -0.4 is 5.73 Å². The Morgan fingerprint density at radius 3 is 1.18 bits per heavy atom. The van der Waals surface area contributed by atoms with Crippen LogP contribution in [0.2, 0.25) is 0 Å². The average molecular weight is 792 g/mol. The summed E-state index contributed by atoms with van der Waals surface area (Å²) in [6.07, 6.45) is 0. The highest BCUT2D eigenvalue weighted by atomic mass is 35.5. The van der Waals surface area contributed by atoms with E-state index in [-0.39, 0.29) is 11.3 Å². The van der Waals surface area contributed by atoms with Crippen molar-refractivity contribution in [3.05, 3.63) is 189 Å². The molecule has 60 heavy (non-hydrogen) atoms. The summed E-state index contributed by atoms with van der Waals surface area (Å²) >= 11 is 6.60. The van der Waals surface area contributed by atoms with Gasteiger partial charge in [0.2, 0.25) is 5.96 Å². The molecule has 4 aromatic heterocycles. The maximum absolute atomic E-state index is 6.60. The topological polar surface area (TPSA) is 70.5 Å². The summed E-state index contributed by atoms with van der Waals surface area (Å²) < 4.78 is 8.93. The first kappa shape index (κ1) is 34.2. The van der Waals surface area contributed by atoms with Crippen LogP contribution in [0.4, 0.5) is 0 Å². The van der Waals surface area contributed by atoms with Crippen molar-refractivity contribution in [3.63, 3.8) is 0 Å². The third-order valence-electron chi connectivity index (χ3n) is 11.9. The van der Waals surface area contributed by atoms with Gasteiger partial charge >= 0.3 is 0 Å². The number of amidine groups is 1. The number of para-hydroxylation sites is 6. The summed E-state index contributed by atoms with van der Waals surface area (Å²) in [5.74, 6) is 0.745. The number of nitrogens with two attached hydrogens (primary N) is 1. The van der Waals surface area contributed by atoms with Crippen LogP contribution in [-0.2, 0) is 0 Å². The van der Waals surface area contributed by atoms with Gasteiger partial charge in [0.1, 0.15) is 5.82 Å². The number of halogens is 1. The molecule has 7 nitrogen and oxygen atoms in total. The summed E-state index contributed by atoms with van der Waals surface area (Å²) in [6.45, 7) is 4.73. The van der Waals surface area contributed by atoms with E-state index in [9.17, 15) is 0 Å². The molecule has 0 saturated carbocycles. The Morgan fingerprint density at radius 1 is 0.383 bits per heavy atom. The zero-order chi connectivity index (χ0) is 40.1. The van der Waals surface area contributed by atoms with Crippen LogP contribution in [0.3, 0.4) is 0 Å². The minimum absolute atomic E-state index is 0.142. The summed E-state index contributed by atoms with van der Waals surface area (Å²) in [4.78, 5) is 10.2. The fourth-order valence-corrected chi connectivity index (χ4v) is 9.63. The van der Waals surface area contributed by atoms with Gasteiger partial charge in [-0.3, -0.25) is 9.13 Å². The summed E-state index contributed by atoms with van der Waals surface area (Å²) in [5.41, 5.74) is 16.5. The lowest BCUT2D eigenvalue weighted by Gasteiger charge is -2.14. The Balaban J connectivity index is 1.22. The van der Waals surface area contributed by atoms with E-state index in [2.05, 4.69) is 182 Å². The van der Waals surface area contributed by atoms with Crippen LogP contribution in [0.25, 0.3) is 104 Å². The molecule has 12 aromatic rings. The van der Waals surface area contributed by atoms with Gasteiger partial charge < -0.3 is 14.9 Å². The van der Waals surface area contributed by atoms with Crippen LogP contribution in [0.1, 0.15) is 0 Å². The van der Waals surface area contributed by atoms with Gasteiger partial charge in [-0.15, -0.1) is 0 Å². The molecule has 8 heteroatoms. The van der Waals surface area contributed by atoms with Crippen molar-refractivity contribution in [2.24, 2.45) is 15.7 Å². The van der Waals surface area contributed by atoms with Crippen LogP contribution in [0, 0.1) is 0 Å². The fraction of sp³-hybridized carbons (Fsp3) is 0. The molecule has 0 bridgehead atoms. The molecule has 0 saturated heterocycles. The number of benzene rings is 8. The maximum atomic E-state index is 6.60. The number of fused-ring (bicyclic) bond motifs is 14. The highest BCUT2D eigenvalue weighted by Crippen LogP contribution is 2.43. The van der Waals surface area contributed by atoms with Gasteiger partial charge in [-0.1, -0.05) is 140 Å². The highest BCUT2D eigenvalue weighted by Gasteiger charge is 2.25. The predicted octanol–water partition coefficient (Wildman–Crippen LogP) is 13.0. The van der Waals surface area contributed by atoms with E-state index >= 15 is 0 Å². The van der Waals surface area contributed by atoms with Crippen molar-refractivity contribution in [2.75, 3.05) is 0 Å². The maximum Gasteiger partial charge on any atom is 0.239 e. The molecule has 12 rings (SSSR count). The molecular formula is C52H34ClN7. The number of hydrogen-bond acceptors (Lipinski definition) is 1. The Bertz CT molecular complexity index is 3800. The fourth-order valence-electron chi connectivity index (χ4n) is 9.55. The molecule has 0 aliphatic heterocycles. The van der Waals surface area contributed by atoms with E-state index in [1.165, 1.54) is 0 Å². The SMILES string of the molecule is C=C(/N=C(\N=C(/N)Cl)n1c2ccccc2c2ccc3c4ccccc4n(-c4ccccc4)c3c21)n1c2ccccc2c2ccc3c4ccccc4n(-c4ccccc4)c3c21. The van der Waals surface area contributed by atoms with E-state index in [1.807, 2.05) is 18.2 Å². The lowest BCUT2D eigenvalue weighted by Crippen LogP contribution is -2.15. The third kappa shape index (κ3) is 4.84. The molecule has 0 radical (unpaired) electrons. The molecule has 2 N–H and O–H groups in total. The minimum Gasteiger partial charge on any atom is -0.374 e. The van der Waals surface area contributed by atoms with Crippen LogP contribution in [0.15, 0.2) is 199 Å². The number of aliphatic imine (C=N–C) groups is 2. The molecular weight excluding hydrogens is 758 g/mol. The number of aromatic nitrogens is 4. The van der Waals surface area contributed by atoms with E-state index in [1.54, 1.807) is 0 Å². The number of rotatable bonds is 4. The van der Waals surface area contributed by atoms with Gasteiger partial charge in [-0.05, 0) is 60.1 Å². The predicted molar refractivity (Wildman–Crippen MR) is 253 cm³/mol. The van der Waals surface area contributed by atoms with Gasteiger partial charge in [-0.25, -0.2) is 0 Å². The quantitative estimate of drug-likeness (QED) is 0.108. The lowest BCUT2D eigenvalue weighted by atomic mass is 10.1. The molecule has 0 amide bonds. The van der Waals surface area contributed by atoms with Crippen molar-refractivity contribution >= 4 is 116 Å². The van der Waals surface area contributed by atoms with E-state index in [4.69, 9.17) is 33.9 Å². The molecule has 4 heterocycles. The smallest absolute Gasteiger partial charge is 0.239 e. The first-order valence-electron chi connectivity index (χ1n) is 19.9.